The lowest BCUT2D eigenvalue weighted by Crippen LogP contribution is -2.02. The van der Waals surface area contributed by atoms with Crippen LogP contribution in [0.5, 0.6) is 0 Å². The second-order valence-corrected chi connectivity index (χ2v) is 6.19. The summed E-state index contributed by atoms with van der Waals surface area (Å²) in [5.41, 5.74) is 2.65. The summed E-state index contributed by atoms with van der Waals surface area (Å²) in [4.78, 5) is 19.8. The molecule has 0 bridgehead atoms. The first-order valence-electron chi connectivity index (χ1n) is 7.90. The van der Waals surface area contributed by atoms with Crippen LogP contribution in [0, 0.1) is 13.8 Å². The molecule has 3 aromatic rings. The zero-order chi connectivity index (χ0) is 18.7. The van der Waals surface area contributed by atoms with Crippen molar-refractivity contribution in [2.24, 2.45) is 0 Å². The molecule has 132 valence electrons. The van der Waals surface area contributed by atoms with E-state index in [-0.39, 0.29) is 5.56 Å². The van der Waals surface area contributed by atoms with Gasteiger partial charge in [-0.25, -0.2) is 14.8 Å². The summed E-state index contributed by atoms with van der Waals surface area (Å²) in [7, 11) is 0. The lowest BCUT2D eigenvalue weighted by Gasteiger charge is -2.11. The molecular weight excluding hydrogens is 352 g/mol. The number of nitrogens with zero attached hydrogens (tertiary/aromatic N) is 2. The van der Waals surface area contributed by atoms with E-state index in [0.717, 1.165) is 11.3 Å². The number of carboxylic acids is 1. The largest absolute Gasteiger partial charge is 0.478 e. The summed E-state index contributed by atoms with van der Waals surface area (Å²) in [5, 5.41) is 16.1. The van der Waals surface area contributed by atoms with Crippen LogP contribution in [0.1, 0.15) is 21.7 Å². The van der Waals surface area contributed by atoms with Crippen molar-refractivity contribution < 1.29 is 9.90 Å². The smallest absolute Gasteiger partial charge is 0.335 e. The second-order valence-electron chi connectivity index (χ2n) is 5.79. The van der Waals surface area contributed by atoms with E-state index < -0.39 is 5.97 Å². The molecule has 3 N–H and O–H groups in total. The monoisotopic (exact) mass is 368 g/mol. The van der Waals surface area contributed by atoms with E-state index >= 15 is 0 Å². The van der Waals surface area contributed by atoms with Crippen molar-refractivity contribution in [3.8, 4) is 0 Å². The Morgan fingerprint density at radius 1 is 0.962 bits per heavy atom. The Labute approximate surface area is 155 Å². The van der Waals surface area contributed by atoms with Gasteiger partial charge in [-0.15, -0.1) is 0 Å². The van der Waals surface area contributed by atoms with E-state index in [9.17, 15) is 4.79 Å². The number of benzene rings is 2. The van der Waals surface area contributed by atoms with Gasteiger partial charge in [0.15, 0.2) is 0 Å². The van der Waals surface area contributed by atoms with Crippen LogP contribution >= 0.6 is 11.6 Å². The molecule has 0 aliphatic heterocycles. The first-order chi connectivity index (χ1) is 12.4. The third-order valence-electron chi connectivity index (χ3n) is 3.66. The molecule has 0 amide bonds. The number of nitrogens with one attached hydrogen (secondary N) is 2. The number of hydrogen-bond donors (Lipinski definition) is 3. The zero-order valence-corrected chi connectivity index (χ0v) is 15.0. The van der Waals surface area contributed by atoms with Gasteiger partial charge in [0.25, 0.3) is 0 Å². The van der Waals surface area contributed by atoms with Crippen molar-refractivity contribution in [1.29, 1.82) is 0 Å². The van der Waals surface area contributed by atoms with Crippen molar-refractivity contribution in [1.82, 2.24) is 9.97 Å². The Kier molecular flexibility index (Phi) is 5.04. The number of aromatic nitrogens is 2. The van der Waals surface area contributed by atoms with E-state index in [4.69, 9.17) is 16.7 Å². The lowest BCUT2D eigenvalue weighted by atomic mass is 10.2. The molecule has 0 aliphatic carbocycles. The van der Waals surface area contributed by atoms with Crippen LogP contribution in [-0.4, -0.2) is 21.0 Å². The highest BCUT2D eigenvalue weighted by molar-refractivity contribution is 6.31. The van der Waals surface area contributed by atoms with Crippen LogP contribution < -0.4 is 10.6 Å². The predicted octanol–water partition coefficient (Wildman–Crippen LogP) is 4.93. The number of anilines is 4. The average Bonchev–Trinajstić information content (AvgIpc) is 2.58. The maximum Gasteiger partial charge on any atom is 0.335 e. The Hall–Kier alpha value is -3.12. The van der Waals surface area contributed by atoms with Crippen LogP contribution in [-0.2, 0) is 0 Å². The number of aromatic carboxylic acids is 1. The highest BCUT2D eigenvalue weighted by Gasteiger charge is 2.07. The minimum Gasteiger partial charge on any atom is -0.478 e. The molecule has 0 unspecified atom stereocenters. The Morgan fingerprint density at radius 2 is 1.62 bits per heavy atom. The maximum atomic E-state index is 11.1. The Bertz CT molecular complexity index is 976. The number of aryl methyl sites for hydroxylation is 2. The van der Waals surface area contributed by atoms with Gasteiger partial charge in [-0.05, 0) is 49.7 Å². The Balaban J connectivity index is 1.84. The molecule has 0 spiro atoms. The fourth-order valence-corrected chi connectivity index (χ4v) is 2.57. The number of rotatable bonds is 5. The minimum absolute atomic E-state index is 0.202. The summed E-state index contributed by atoms with van der Waals surface area (Å²) in [6.07, 6.45) is 0. The van der Waals surface area contributed by atoms with Crippen molar-refractivity contribution >= 4 is 40.6 Å². The fraction of sp³-hybridized carbons (Fsp3) is 0.105. The number of halogens is 1. The summed E-state index contributed by atoms with van der Waals surface area (Å²) in [6.45, 7) is 3.72. The summed E-state index contributed by atoms with van der Waals surface area (Å²) >= 11 is 6.16. The average molecular weight is 369 g/mol. The van der Waals surface area contributed by atoms with Gasteiger partial charge in [-0.1, -0.05) is 23.7 Å². The second kappa shape index (κ2) is 7.41. The lowest BCUT2D eigenvalue weighted by molar-refractivity contribution is 0.0697. The van der Waals surface area contributed by atoms with Crippen LogP contribution in [0.15, 0.2) is 48.5 Å². The molecule has 0 saturated heterocycles. The first kappa shape index (κ1) is 17.7. The highest BCUT2D eigenvalue weighted by Crippen LogP contribution is 2.24. The molecule has 6 nitrogen and oxygen atoms in total. The van der Waals surface area contributed by atoms with E-state index in [0.29, 0.717) is 28.2 Å². The molecule has 0 fully saturated rings. The van der Waals surface area contributed by atoms with Crippen LogP contribution in [0.3, 0.4) is 0 Å². The topological polar surface area (TPSA) is 87.1 Å². The summed E-state index contributed by atoms with van der Waals surface area (Å²) in [6, 6.07) is 14.0. The van der Waals surface area contributed by atoms with Crippen LogP contribution in [0.4, 0.5) is 23.0 Å². The standard InChI is InChI=1S/C19H17ClN4O2/c1-11-6-7-15(9-16(11)20)24-18-10-17(21-12(2)22-18)23-14-5-3-4-13(8-14)19(25)26/h3-10H,1-2H3,(H,25,26)(H2,21,22,23,24). The number of carboxylic acid groups (broad SMARTS) is 1. The molecule has 2 aromatic carbocycles. The normalized spacial score (nSPS) is 10.4. The molecule has 0 aliphatic rings. The number of carbonyl (C=O) groups is 1. The number of hydrogen-bond acceptors (Lipinski definition) is 5. The third kappa shape index (κ3) is 4.29. The Morgan fingerprint density at radius 3 is 2.23 bits per heavy atom. The molecule has 7 heteroatoms. The van der Waals surface area contributed by atoms with E-state index in [1.807, 2.05) is 25.1 Å². The molecule has 0 radical (unpaired) electrons. The quantitative estimate of drug-likeness (QED) is 0.591. The van der Waals surface area contributed by atoms with Crippen molar-refractivity contribution in [3.05, 3.63) is 70.5 Å². The van der Waals surface area contributed by atoms with Gasteiger partial charge >= 0.3 is 5.97 Å². The maximum absolute atomic E-state index is 11.1. The molecule has 3 rings (SSSR count). The van der Waals surface area contributed by atoms with Gasteiger partial charge in [0.2, 0.25) is 0 Å². The molecule has 0 atom stereocenters. The van der Waals surface area contributed by atoms with Crippen LogP contribution in [0.2, 0.25) is 5.02 Å². The van der Waals surface area contributed by atoms with Gasteiger partial charge in [-0.3, -0.25) is 0 Å². The third-order valence-corrected chi connectivity index (χ3v) is 4.07. The SMILES string of the molecule is Cc1nc(Nc2cccc(C(=O)O)c2)cc(Nc2ccc(C)c(Cl)c2)n1. The minimum atomic E-state index is -0.980. The van der Waals surface area contributed by atoms with Crippen LogP contribution in [0.25, 0.3) is 0 Å². The summed E-state index contributed by atoms with van der Waals surface area (Å²) < 4.78 is 0. The summed E-state index contributed by atoms with van der Waals surface area (Å²) in [5.74, 6) is 0.756. The van der Waals surface area contributed by atoms with Crippen molar-refractivity contribution in [3.63, 3.8) is 0 Å². The van der Waals surface area contributed by atoms with Crippen molar-refractivity contribution in [2.75, 3.05) is 10.6 Å². The van der Waals surface area contributed by atoms with Gasteiger partial charge in [0.05, 0.1) is 5.56 Å². The van der Waals surface area contributed by atoms with E-state index in [2.05, 4.69) is 20.6 Å². The van der Waals surface area contributed by atoms with Gasteiger partial charge < -0.3 is 15.7 Å². The van der Waals surface area contributed by atoms with Crippen molar-refractivity contribution in [2.45, 2.75) is 13.8 Å². The molecular formula is C19H17ClN4O2. The molecule has 26 heavy (non-hydrogen) atoms. The predicted molar refractivity (Wildman–Crippen MR) is 103 cm³/mol. The first-order valence-corrected chi connectivity index (χ1v) is 8.28. The molecule has 0 saturated carbocycles. The highest BCUT2D eigenvalue weighted by atomic mass is 35.5. The molecule has 1 aromatic heterocycles. The molecule has 1 heterocycles. The van der Waals surface area contributed by atoms with Gasteiger partial charge in [0, 0.05) is 22.5 Å². The van der Waals surface area contributed by atoms with E-state index in [1.165, 1.54) is 6.07 Å². The van der Waals surface area contributed by atoms with Gasteiger partial charge in [-0.2, -0.15) is 0 Å². The van der Waals surface area contributed by atoms with E-state index in [1.54, 1.807) is 31.2 Å². The van der Waals surface area contributed by atoms with Gasteiger partial charge in [0.1, 0.15) is 17.5 Å². The fourth-order valence-electron chi connectivity index (χ4n) is 2.39. The zero-order valence-electron chi connectivity index (χ0n) is 14.2.